The predicted molar refractivity (Wildman–Crippen MR) is 83.8 cm³/mol. The summed E-state index contributed by atoms with van der Waals surface area (Å²) in [7, 11) is -3.33. The molecule has 0 saturated carbocycles. The molecular weight excluding hydrogens is 306 g/mol. The molecule has 3 heterocycles. The number of thiophene rings is 1. The van der Waals surface area contributed by atoms with Crippen LogP contribution in [-0.2, 0) is 16.6 Å². The SMILES string of the molecule is CCn1nccc1-c1csc(S(=O)(=O)N2CCCCC2)c1. The average Bonchev–Trinajstić information content (AvgIpc) is 3.16. The van der Waals surface area contributed by atoms with E-state index in [0.29, 0.717) is 17.3 Å². The van der Waals surface area contributed by atoms with Gasteiger partial charge in [0.1, 0.15) is 4.21 Å². The molecule has 114 valence electrons. The zero-order chi connectivity index (χ0) is 14.9. The van der Waals surface area contributed by atoms with Gasteiger partial charge in [-0.25, -0.2) is 8.42 Å². The van der Waals surface area contributed by atoms with Gasteiger partial charge >= 0.3 is 0 Å². The number of aryl methyl sites for hydroxylation is 1. The van der Waals surface area contributed by atoms with Crippen LogP contribution in [0, 0.1) is 0 Å². The molecule has 2 aromatic heterocycles. The summed E-state index contributed by atoms with van der Waals surface area (Å²) in [5.74, 6) is 0. The van der Waals surface area contributed by atoms with Crippen molar-refractivity contribution in [3.05, 3.63) is 23.7 Å². The van der Waals surface area contributed by atoms with Crippen LogP contribution in [0.15, 0.2) is 27.9 Å². The third-order valence-corrected chi connectivity index (χ3v) is 7.11. The van der Waals surface area contributed by atoms with Gasteiger partial charge in [-0.1, -0.05) is 6.42 Å². The van der Waals surface area contributed by atoms with Gasteiger partial charge in [0.25, 0.3) is 10.0 Å². The fraction of sp³-hybridized carbons (Fsp3) is 0.500. The van der Waals surface area contributed by atoms with Crippen LogP contribution in [-0.4, -0.2) is 35.6 Å². The molecule has 0 N–H and O–H groups in total. The maximum atomic E-state index is 12.6. The van der Waals surface area contributed by atoms with Crippen molar-refractivity contribution in [1.82, 2.24) is 14.1 Å². The van der Waals surface area contributed by atoms with E-state index in [1.807, 2.05) is 23.1 Å². The number of aromatic nitrogens is 2. The van der Waals surface area contributed by atoms with Gasteiger partial charge < -0.3 is 0 Å². The first-order valence-electron chi connectivity index (χ1n) is 7.24. The molecule has 1 fully saturated rings. The second-order valence-electron chi connectivity index (χ2n) is 5.15. The third kappa shape index (κ3) is 2.77. The molecule has 1 aliphatic heterocycles. The standard InChI is InChI=1S/C14H19N3O2S2/c1-2-17-13(6-7-15-17)12-10-14(20-11-12)21(18,19)16-8-4-3-5-9-16/h6-7,10-11H,2-5,8-9H2,1H3. The Labute approximate surface area is 129 Å². The normalized spacial score (nSPS) is 17.2. The Morgan fingerprint density at radius 3 is 2.76 bits per heavy atom. The Morgan fingerprint density at radius 2 is 2.05 bits per heavy atom. The van der Waals surface area contributed by atoms with Crippen molar-refractivity contribution < 1.29 is 8.42 Å². The fourth-order valence-electron chi connectivity index (χ4n) is 2.65. The summed E-state index contributed by atoms with van der Waals surface area (Å²) in [6, 6.07) is 3.70. The lowest BCUT2D eigenvalue weighted by Crippen LogP contribution is -2.35. The number of hydrogen-bond acceptors (Lipinski definition) is 4. The summed E-state index contributed by atoms with van der Waals surface area (Å²) in [5.41, 5.74) is 1.89. The molecule has 2 aromatic rings. The predicted octanol–water partition coefficient (Wildman–Crippen LogP) is 2.81. The lowest BCUT2D eigenvalue weighted by molar-refractivity contribution is 0.347. The van der Waals surface area contributed by atoms with Crippen molar-refractivity contribution in [1.29, 1.82) is 0 Å². The molecule has 5 nitrogen and oxygen atoms in total. The maximum absolute atomic E-state index is 12.6. The van der Waals surface area contributed by atoms with Crippen LogP contribution < -0.4 is 0 Å². The quantitative estimate of drug-likeness (QED) is 0.868. The summed E-state index contributed by atoms with van der Waals surface area (Å²) >= 11 is 1.30. The fourth-order valence-corrected chi connectivity index (χ4v) is 5.49. The minimum atomic E-state index is -3.33. The molecule has 0 unspecified atom stereocenters. The molecule has 7 heteroatoms. The zero-order valence-corrected chi connectivity index (χ0v) is 13.7. The molecular formula is C14H19N3O2S2. The minimum Gasteiger partial charge on any atom is -0.265 e. The van der Waals surface area contributed by atoms with E-state index in [1.165, 1.54) is 11.3 Å². The highest BCUT2D eigenvalue weighted by Crippen LogP contribution is 2.31. The molecule has 0 amide bonds. The van der Waals surface area contributed by atoms with E-state index in [9.17, 15) is 8.42 Å². The van der Waals surface area contributed by atoms with Crippen LogP contribution in [0.1, 0.15) is 26.2 Å². The molecule has 1 saturated heterocycles. The lowest BCUT2D eigenvalue weighted by atomic mass is 10.2. The number of rotatable bonds is 4. The highest BCUT2D eigenvalue weighted by molar-refractivity contribution is 7.91. The van der Waals surface area contributed by atoms with E-state index in [1.54, 1.807) is 16.6 Å². The van der Waals surface area contributed by atoms with Crippen molar-refractivity contribution in [3.8, 4) is 11.3 Å². The molecule has 0 spiro atoms. The van der Waals surface area contributed by atoms with Gasteiger partial charge in [0.05, 0.1) is 5.69 Å². The van der Waals surface area contributed by atoms with Gasteiger partial charge in [0.2, 0.25) is 0 Å². The van der Waals surface area contributed by atoms with E-state index < -0.39 is 10.0 Å². The Hall–Kier alpha value is -1.18. The lowest BCUT2D eigenvalue weighted by Gasteiger charge is -2.25. The Balaban J connectivity index is 1.91. The highest BCUT2D eigenvalue weighted by Gasteiger charge is 2.27. The molecule has 0 aromatic carbocycles. The van der Waals surface area contributed by atoms with Gasteiger partial charge in [0, 0.05) is 36.8 Å². The molecule has 0 bridgehead atoms. The van der Waals surface area contributed by atoms with Crippen molar-refractivity contribution in [2.75, 3.05) is 13.1 Å². The van der Waals surface area contributed by atoms with Crippen LogP contribution in [0.3, 0.4) is 0 Å². The first-order chi connectivity index (χ1) is 10.1. The van der Waals surface area contributed by atoms with Crippen molar-refractivity contribution in [2.45, 2.75) is 36.9 Å². The zero-order valence-electron chi connectivity index (χ0n) is 12.0. The Morgan fingerprint density at radius 1 is 1.29 bits per heavy atom. The minimum absolute atomic E-state index is 0.434. The maximum Gasteiger partial charge on any atom is 0.252 e. The summed E-state index contributed by atoms with van der Waals surface area (Å²) in [6.45, 7) is 4.07. The number of piperidine rings is 1. The van der Waals surface area contributed by atoms with Gasteiger partial charge in [-0.15, -0.1) is 11.3 Å². The van der Waals surface area contributed by atoms with Crippen molar-refractivity contribution in [3.63, 3.8) is 0 Å². The van der Waals surface area contributed by atoms with Crippen LogP contribution in [0.25, 0.3) is 11.3 Å². The Kier molecular flexibility index (Phi) is 4.14. The van der Waals surface area contributed by atoms with E-state index in [2.05, 4.69) is 5.10 Å². The smallest absolute Gasteiger partial charge is 0.252 e. The molecule has 21 heavy (non-hydrogen) atoms. The topological polar surface area (TPSA) is 55.2 Å². The van der Waals surface area contributed by atoms with Gasteiger partial charge in [-0.3, -0.25) is 4.68 Å². The molecule has 1 aliphatic rings. The highest BCUT2D eigenvalue weighted by atomic mass is 32.2. The van der Waals surface area contributed by atoms with Crippen molar-refractivity contribution >= 4 is 21.4 Å². The van der Waals surface area contributed by atoms with E-state index >= 15 is 0 Å². The summed E-state index contributed by atoms with van der Waals surface area (Å²) < 4.78 is 29.2. The number of sulfonamides is 1. The summed E-state index contributed by atoms with van der Waals surface area (Å²) in [6.07, 6.45) is 4.78. The largest absolute Gasteiger partial charge is 0.265 e. The number of hydrogen-bond donors (Lipinski definition) is 0. The second-order valence-corrected chi connectivity index (χ2v) is 8.23. The van der Waals surface area contributed by atoms with Crippen LogP contribution in [0.2, 0.25) is 0 Å². The van der Waals surface area contributed by atoms with E-state index in [4.69, 9.17) is 0 Å². The van der Waals surface area contributed by atoms with Crippen LogP contribution in [0.5, 0.6) is 0 Å². The van der Waals surface area contributed by atoms with E-state index in [0.717, 1.165) is 37.1 Å². The average molecular weight is 325 g/mol. The molecule has 0 aliphatic carbocycles. The van der Waals surface area contributed by atoms with Crippen molar-refractivity contribution in [2.24, 2.45) is 0 Å². The molecule has 0 atom stereocenters. The third-order valence-electron chi connectivity index (χ3n) is 3.80. The first-order valence-corrected chi connectivity index (χ1v) is 9.56. The molecule has 3 rings (SSSR count). The van der Waals surface area contributed by atoms with Gasteiger partial charge in [-0.05, 0) is 31.9 Å². The first kappa shape index (κ1) is 14.7. The van der Waals surface area contributed by atoms with Gasteiger partial charge in [0.15, 0.2) is 0 Å². The van der Waals surface area contributed by atoms with Crippen LogP contribution >= 0.6 is 11.3 Å². The number of nitrogens with zero attached hydrogens (tertiary/aromatic N) is 3. The summed E-state index contributed by atoms with van der Waals surface area (Å²) in [4.78, 5) is 0. The van der Waals surface area contributed by atoms with E-state index in [-0.39, 0.29) is 0 Å². The monoisotopic (exact) mass is 325 g/mol. The Bertz CT molecular complexity index is 712. The summed E-state index contributed by atoms with van der Waals surface area (Å²) in [5, 5.41) is 6.14. The second kappa shape index (κ2) is 5.90. The van der Waals surface area contributed by atoms with Gasteiger partial charge in [-0.2, -0.15) is 9.40 Å². The van der Waals surface area contributed by atoms with Crippen LogP contribution in [0.4, 0.5) is 0 Å². The molecule has 0 radical (unpaired) electrons.